The molecule has 24 heavy (non-hydrogen) atoms. The molecule has 0 heterocycles. The Morgan fingerprint density at radius 2 is 0.792 bits per heavy atom. The molecule has 0 unspecified atom stereocenters. The van der Waals surface area contributed by atoms with Gasteiger partial charge in [0.05, 0.1) is 0 Å². The molecule has 0 aliphatic heterocycles. The molecular formula is C24H28. The van der Waals surface area contributed by atoms with Gasteiger partial charge in [-0.1, -0.05) is 57.7 Å². The Kier molecular flexibility index (Phi) is 3.06. The number of hydrogen-bond acceptors (Lipinski definition) is 0. The van der Waals surface area contributed by atoms with Crippen molar-refractivity contribution in [2.45, 2.75) is 53.4 Å². The summed E-state index contributed by atoms with van der Waals surface area (Å²) in [6.07, 6.45) is 15.1. The molecular weight excluding hydrogens is 288 g/mol. The molecule has 0 spiro atoms. The molecule has 0 fully saturated rings. The zero-order valence-corrected chi connectivity index (χ0v) is 15.4. The highest BCUT2D eigenvalue weighted by atomic mass is 14.5. The Balaban J connectivity index is 1.49. The van der Waals surface area contributed by atoms with Crippen LogP contribution in [0.5, 0.6) is 0 Å². The van der Waals surface area contributed by atoms with Crippen molar-refractivity contribution in [3.05, 3.63) is 68.9 Å². The highest BCUT2D eigenvalue weighted by Crippen LogP contribution is 2.58. The number of rotatable bonds is 0. The second kappa shape index (κ2) is 4.97. The lowest BCUT2D eigenvalue weighted by Gasteiger charge is -2.23. The molecule has 0 nitrogen and oxygen atoms in total. The summed E-state index contributed by atoms with van der Waals surface area (Å²) in [6, 6.07) is 0. The van der Waals surface area contributed by atoms with Crippen LogP contribution in [0.2, 0.25) is 0 Å². The van der Waals surface area contributed by atoms with Crippen LogP contribution in [-0.4, -0.2) is 0 Å². The second-order valence-electron chi connectivity index (χ2n) is 8.69. The van der Waals surface area contributed by atoms with Crippen molar-refractivity contribution < 1.29 is 0 Å². The Labute approximate surface area is 146 Å². The lowest BCUT2D eigenvalue weighted by atomic mass is 9.81. The van der Waals surface area contributed by atoms with Crippen molar-refractivity contribution in [1.82, 2.24) is 0 Å². The van der Waals surface area contributed by atoms with Gasteiger partial charge in [0, 0.05) is 23.7 Å². The summed E-state index contributed by atoms with van der Waals surface area (Å²) in [5, 5.41) is 0. The maximum absolute atomic E-state index is 2.49. The molecule has 124 valence electrons. The van der Waals surface area contributed by atoms with Gasteiger partial charge in [0.1, 0.15) is 0 Å². The van der Waals surface area contributed by atoms with Crippen LogP contribution in [0.3, 0.4) is 0 Å². The van der Waals surface area contributed by atoms with Crippen molar-refractivity contribution in [3.63, 3.8) is 0 Å². The van der Waals surface area contributed by atoms with E-state index in [1.54, 1.807) is 44.6 Å². The van der Waals surface area contributed by atoms with Crippen LogP contribution in [0.1, 0.15) is 53.4 Å². The highest BCUT2D eigenvalue weighted by Gasteiger charge is 2.44. The van der Waals surface area contributed by atoms with Gasteiger partial charge >= 0.3 is 0 Å². The van der Waals surface area contributed by atoms with E-state index in [0.29, 0.717) is 23.7 Å². The lowest BCUT2D eigenvalue weighted by molar-refractivity contribution is 0.721. The quantitative estimate of drug-likeness (QED) is 0.450. The molecule has 4 atom stereocenters. The smallest absolute Gasteiger partial charge is 0.0202 e. The molecule has 0 aromatic carbocycles. The summed E-state index contributed by atoms with van der Waals surface area (Å²) in [6.45, 7) is 9.25. The van der Waals surface area contributed by atoms with Crippen LogP contribution < -0.4 is 0 Å². The highest BCUT2D eigenvalue weighted by molar-refractivity contribution is 5.57. The van der Waals surface area contributed by atoms with E-state index in [4.69, 9.17) is 0 Å². The molecule has 5 aliphatic rings. The minimum absolute atomic E-state index is 0.647. The largest absolute Gasteiger partial charge is 0.0763 e. The zero-order valence-electron chi connectivity index (χ0n) is 15.4. The summed E-state index contributed by atoms with van der Waals surface area (Å²) >= 11 is 0. The molecule has 0 amide bonds. The van der Waals surface area contributed by atoms with Gasteiger partial charge in [-0.15, -0.1) is 0 Å². The van der Waals surface area contributed by atoms with E-state index in [0.717, 1.165) is 0 Å². The van der Waals surface area contributed by atoms with Gasteiger partial charge in [0.2, 0.25) is 0 Å². The number of fused-ring (bicyclic) bond motifs is 8. The molecule has 0 N–H and O–H groups in total. The van der Waals surface area contributed by atoms with Crippen LogP contribution in [0.4, 0.5) is 0 Å². The number of hydrogen-bond donors (Lipinski definition) is 0. The minimum atomic E-state index is 0.647. The number of allylic oxidation sites excluding steroid dienone is 12. The van der Waals surface area contributed by atoms with Crippen LogP contribution >= 0.6 is 0 Å². The van der Waals surface area contributed by atoms with Gasteiger partial charge in [0.15, 0.2) is 0 Å². The summed E-state index contributed by atoms with van der Waals surface area (Å²) < 4.78 is 0. The Bertz CT molecular complexity index is 688. The first-order valence-corrected chi connectivity index (χ1v) is 9.72. The monoisotopic (exact) mass is 316 g/mol. The van der Waals surface area contributed by atoms with Crippen molar-refractivity contribution in [2.24, 2.45) is 23.7 Å². The molecule has 0 aromatic rings. The maximum atomic E-state index is 2.49. The predicted molar refractivity (Wildman–Crippen MR) is 102 cm³/mol. The van der Waals surface area contributed by atoms with E-state index >= 15 is 0 Å². The maximum Gasteiger partial charge on any atom is 0.0202 e. The van der Waals surface area contributed by atoms with Gasteiger partial charge < -0.3 is 0 Å². The molecule has 0 heteroatoms. The first-order chi connectivity index (χ1) is 11.6. The van der Waals surface area contributed by atoms with Crippen molar-refractivity contribution >= 4 is 0 Å². The molecule has 0 saturated carbocycles. The van der Waals surface area contributed by atoms with Gasteiger partial charge in [0.25, 0.3) is 0 Å². The summed E-state index contributed by atoms with van der Waals surface area (Å²) in [4.78, 5) is 0. The second-order valence-corrected chi connectivity index (χ2v) is 8.69. The SMILES string of the molecule is CC(C)=C1[C@@H]2C=C[C@H]1C1=C2CCC2=C(CC1)[C@H]1C=C[C@@H]2C1=C(C)C. The van der Waals surface area contributed by atoms with Crippen LogP contribution in [0, 0.1) is 23.7 Å². The van der Waals surface area contributed by atoms with Crippen LogP contribution in [-0.2, 0) is 0 Å². The van der Waals surface area contributed by atoms with E-state index in [-0.39, 0.29) is 0 Å². The van der Waals surface area contributed by atoms with Gasteiger partial charge in [-0.2, -0.15) is 0 Å². The topological polar surface area (TPSA) is 0 Å². The fourth-order valence-electron chi connectivity index (χ4n) is 6.31. The van der Waals surface area contributed by atoms with Crippen LogP contribution in [0.25, 0.3) is 0 Å². The summed E-state index contributed by atoms with van der Waals surface area (Å²) in [5.74, 6) is 2.59. The fraction of sp³-hybridized carbons (Fsp3) is 0.500. The lowest BCUT2D eigenvalue weighted by Crippen LogP contribution is -2.07. The van der Waals surface area contributed by atoms with E-state index in [1.165, 1.54) is 25.7 Å². The van der Waals surface area contributed by atoms with Crippen LogP contribution in [0.15, 0.2) is 68.9 Å². The van der Waals surface area contributed by atoms with Crippen molar-refractivity contribution in [3.8, 4) is 0 Å². The van der Waals surface area contributed by atoms with Gasteiger partial charge in [-0.25, -0.2) is 0 Å². The molecule has 0 saturated heterocycles. The van der Waals surface area contributed by atoms with E-state index < -0.39 is 0 Å². The molecule has 5 aliphatic carbocycles. The Morgan fingerprint density at radius 1 is 0.542 bits per heavy atom. The van der Waals surface area contributed by atoms with Crippen molar-refractivity contribution in [1.29, 1.82) is 0 Å². The first kappa shape index (κ1) is 14.8. The first-order valence-electron chi connectivity index (χ1n) is 9.72. The normalized spacial score (nSPS) is 35.7. The van der Waals surface area contributed by atoms with Gasteiger partial charge in [-0.3, -0.25) is 0 Å². The molecule has 0 aromatic heterocycles. The van der Waals surface area contributed by atoms with Gasteiger partial charge in [-0.05, 0) is 64.5 Å². The zero-order chi connectivity index (χ0) is 16.6. The third kappa shape index (κ3) is 1.75. The molecule has 0 radical (unpaired) electrons. The summed E-state index contributed by atoms with van der Waals surface area (Å²) in [5.41, 5.74) is 13.7. The van der Waals surface area contributed by atoms with E-state index in [9.17, 15) is 0 Å². The minimum Gasteiger partial charge on any atom is -0.0763 e. The van der Waals surface area contributed by atoms with Crippen molar-refractivity contribution in [2.75, 3.05) is 0 Å². The standard InChI is InChI=1S/C24H28/c1-13(2)23-19-9-10-20(23)16-6-8-18-17(7-5-15(16)19)21-11-12-22(18)24(21)14(3)4/h9-12,19-22H,5-8H2,1-4H3/t19-,20+,21+,22-. The third-order valence-corrected chi connectivity index (χ3v) is 7.14. The molecule has 5 rings (SSSR count). The van der Waals surface area contributed by atoms with E-state index in [1.807, 2.05) is 0 Å². The Hall–Kier alpha value is -1.56. The average Bonchev–Trinajstić information content (AvgIpc) is 3.22. The predicted octanol–water partition coefficient (Wildman–Crippen LogP) is 6.46. The average molecular weight is 316 g/mol. The third-order valence-electron chi connectivity index (χ3n) is 7.14. The Morgan fingerprint density at radius 3 is 1.00 bits per heavy atom. The molecule has 4 bridgehead atoms. The fourth-order valence-corrected chi connectivity index (χ4v) is 6.31. The van der Waals surface area contributed by atoms with E-state index in [2.05, 4.69) is 52.0 Å². The summed E-state index contributed by atoms with van der Waals surface area (Å²) in [7, 11) is 0.